The number of carboxylic acids is 1. The summed E-state index contributed by atoms with van der Waals surface area (Å²) in [4.78, 5) is 47.8. The average molecular weight is 745 g/mol. The molecule has 22 heteroatoms. The molecule has 3 rings (SSSR count). The Balaban J connectivity index is 1.90. The number of ether oxygens (including phenoxy) is 5. The van der Waals surface area contributed by atoms with Gasteiger partial charge in [0.2, 0.25) is 11.8 Å². The van der Waals surface area contributed by atoms with Crippen LogP contribution in [0, 0.1) is 0 Å². The van der Waals surface area contributed by atoms with Gasteiger partial charge in [-0.15, -0.1) is 0 Å². The Morgan fingerprint density at radius 2 is 1.53 bits per heavy atom. The Hall–Kier alpha value is -2.52. The van der Waals surface area contributed by atoms with E-state index < -0.39 is 142 Å². The average Bonchev–Trinajstić information content (AvgIpc) is 3.10. The summed E-state index contributed by atoms with van der Waals surface area (Å²) in [7, 11) is 0. The van der Waals surface area contributed by atoms with Gasteiger partial charge in [0.05, 0.1) is 32.0 Å². The van der Waals surface area contributed by atoms with E-state index in [1.165, 1.54) is 0 Å². The highest BCUT2D eigenvalue weighted by Crippen LogP contribution is 2.38. The standard InChI is InChI=1S/C29H48N2O20/c1-2-4-15(38)30-17-11(36)7-29(28(45)46,50-24(17)18(40)12(37)8-33)51-25-19(41)13(9-34)48-27(22(25)44)49-23-14(10-35)47-26(21(43)20(23)42)31-16(39)5-3-6-32/h6,11-14,17-27,33-37,40-44H,2-5,7-10H2,1H3,(H,30,38)(H,31,39)(H,45,46)/t11-,12+,13+,14+,17+,18+,19-,20+,21+,22+,23+,24+,25-,26+,27-,29-/m0/s1. The second kappa shape index (κ2) is 19.0. The Morgan fingerprint density at radius 3 is 2.10 bits per heavy atom. The van der Waals surface area contributed by atoms with E-state index in [-0.39, 0.29) is 19.3 Å². The monoisotopic (exact) mass is 744 g/mol. The van der Waals surface area contributed by atoms with E-state index >= 15 is 0 Å². The summed E-state index contributed by atoms with van der Waals surface area (Å²) >= 11 is 0. The van der Waals surface area contributed by atoms with Crippen molar-refractivity contribution in [3.8, 4) is 0 Å². The second-order valence-electron chi connectivity index (χ2n) is 12.4. The number of amides is 2. The van der Waals surface area contributed by atoms with Crippen LogP contribution in [0.5, 0.6) is 0 Å². The van der Waals surface area contributed by atoms with Gasteiger partial charge in [-0.2, -0.15) is 0 Å². The Bertz CT molecular complexity index is 1170. The third-order valence-corrected chi connectivity index (χ3v) is 8.72. The second-order valence-corrected chi connectivity index (χ2v) is 12.4. The van der Waals surface area contributed by atoms with Crippen LogP contribution >= 0.6 is 0 Å². The molecular weight excluding hydrogens is 696 g/mol. The van der Waals surface area contributed by atoms with Crippen molar-refractivity contribution in [2.24, 2.45) is 0 Å². The molecule has 51 heavy (non-hydrogen) atoms. The molecule has 22 nitrogen and oxygen atoms in total. The zero-order valence-electron chi connectivity index (χ0n) is 27.5. The van der Waals surface area contributed by atoms with Crippen molar-refractivity contribution in [2.75, 3.05) is 19.8 Å². The van der Waals surface area contributed by atoms with Gasteiger partial charge in [0.1, 0.15) is 73.4 Å². The molecule has 13 N–H and O–H groups in total. The zero-order chi connectivity index (χ0) is 38.2. The fourth-order valence-corrected chi connectivity index (χ4v) is 5.97. The van der Waals surface area contributed by atoms with Gasteiger partial charge in [-0.3, -0.25) is 9.59 Å². The van der Waals surface area contributed by atoms with E-state index in [4.69, 9.17) is 23.7 Å². The van der Waals surface area contributed by atoms with Crippen LogP contribution in [0.3, 0.4) is 0 Å². The van der Waals surface area contributed by atoms with E-state index in [0.29, 0.717) is 12.7 Å². The van der Waals surface area contributed by atoms with Crippen molar-refractivity contribution < 1.29 is 99.0 Å². The topological polar surface area (TPSA) is 361 Å². The molecule has 0 radical (unpaired) electrons. The quantitative estimate of drug-likeness (QED) is 0.0615. The number of rotatable bonds is 17. The minimum atomic E-state index is -3.06. The van der Waals surface area contributed by atoms with Crippen LogP contribution < -0.4 is 10.6 Å². The Labute approximate surface area is 290 Å². The number of hydrogen-bond acceptors (Lipinski definition) is 19. The van der Waals surface area contributed by atoms with Gasteiger partial charge < -0.3 is 95.3 Å². The largest absolute Gasteiger partial charge is 0.477 e. The molecule has 3 aliphatic rings. The van der Waals surface area contributed by atoms with Crippen molar-refractivity contribution in [1.29, 1.82) is 0 Å². The number of aliphatic carboxylic acids is 1. The van der Waals surface area contributed by atoms with Gasteiger partial charge in [-0.25, -0.2) is 4.79 Å². The minimum absolute atomic E-state index is 0.0504. The third-order valence-electron chi connectivity index (χ3n) is 8.72. The minimum Gasteiger partial charge on any atom is -0.477 e. The van der Waals surface area contributed by atoms with E-state index in [0.717, 1.165) is 0 Å². The lowest BCUT2D eigenvalue weighted by atomic mass is 9.88. The fraction of sp³-hybridized carbons (Fsp3) is 0.862. The number of carbonyl (C=O) groups excluding carboxylic acids is 3. The van der Waals surface area contributed by atoms with Gasteiger partial charge >= 0.3 is 5.97 Å². The van der Waals surface area contributed by atoms with Gasteiger partial charge in [0, 0.05) is 25.7 Å². The molecule has 294 valence electrons. The number of aliphatic hydroxyl groups excluding tert-OH is 10. The fourth-order valence-electron chi connectivity index (χ4n) is 5.97. The Kier molecular flexibility index (Phi) is 16.0. The molecule has 3 heterocycles. The molecule has 3 saturated heterocycles. The molecule has 0 unspecified atom stereocenters. The van der Waals surface area contributed by atoms with Gasteiger partial charge in [-0.1, -0.05) is 6.92 Å². The number of carboxylic acid groups (broad SMARTS) is 1. The first-order valence-electron chi connectivity index (χ1n) is 16.3. The lowest BCUT2D eigenvalue weighted by Gasteiger charge is -2.50. The summed E-state index contributed by atoms with van der Waals surface area (Å²) < 4.78 is 27.8. The van der Waals surface area contributed by atoms with Crippen molar-refractivity contribution in [2.45, 2.75) is 137 Å². The summed E-state index contributed by atoms with van der Waals surface area (Å²) in [5.74, 6) is -6.43. The molecule has 0 bridgehead atoms. The molecule has 0 aromatic carbocycles. The zero-order valence-corrected chi connectivity index (χ0v) is 27.5. The number of nitrogens with one attached hydrogen (secondary N) is 2. The van der Waals surface area contributed by atoms with E-state index in [1.54, 1.807) is 6.92 Å². The van der Waals surface area contributed by atoms with Crippen molar-refractivity contribution in [3.63, 3.8) is 0 Å². The predicted octanol–water partition coefficient (Wildman–Crippen LogP) is -7.34. The maximum atomic E-state index is 12.8. The third kappa shape index (κ3) is 9.92. The van der Waals surface area contributed by atoms with Gasteiger partial charge in [0.15, 0.2) is 12.5 Å². The van der Waals surface area contributed by atoms with E-state index in [9.17, 15) is 75.3 Å². The molecule has 0 aliphatic carbocycles. The van der Waals surface area contributed by atoms with Crippen LogP contribution in [0.2, 0.25) is 0 Å². The molecule has 0 saturated carbocycles. The smallest absolute Gasteiger partial charge is 0.364 e. The van der Waals surface area contributed by atoms with Crippen LogP contribution in [0.25, 0.3) is 0 Å². The van der Waals surface area contributed by atoms with Crippen LogP contribution in [0.4, 0.5) is 0 Å². The highest BCUT2D eigenvalue weighted by atomic mass is 16.8. The number of carbonyl (C=O) groups is 4. The summed E-state index contributed by atoms with van der Waals surface area (Å²) in [5, 5.41) is 120. The lowest BCUT2D eigenvalue weighted by Crippen LogP contribution is -2.71. The first-order valence-corrected chi connectivity index (χ1v) is 16.3. The number of aliphatic hydroxyl groups is 10. The van der Waals surface area contributed by atoms with Crippen molar-refractivity contribution >= 4 is 24.1 Å². The van der Waals surface area contributed by atoms with Crippen LogP contribution in [-0.4, -0.2) is 198 Å². The first-order chi connectivity index (χ1) is 24.1. The SMILES string of the molecule is CCCC(=O)N[C@H]1[C@H]([C@H](O)[C@H](O)CO)O[C@@](O[C@H]2[C@@H](O)[C@@H](CO)O[C@@H](O[C@H]3[C@H](O)[C@@H](O)[C@H](NC(=O)CCC=O)O[C@@H]3CO)[C@@H]2O)(C(=O)O)C[C@@H]1O. The molecule has 2 amide bonds. The molecular formula is C29H48N2O20. The molecule has 0 spiro atoms. The van der Waals surface area contributed by atoms with Gasteiger partial charge in [-0.05, 0) is 6.42 Å². The summed E-state index contributed by atoms with van der Waals surface area (Å²) in [6.45, 7) is -1.30. The molecule has 3 fully saturated rings. The van der Waals surface area contributed by atoms with Crippen molar-refractivity contribution in [1.82, 2.24) is 10.6 Å². The number of hydrogen-bond donors (Lipinski definition) is 13. The normalized spacial score (nSPS) is 39.8. The molecule has 3 aliphatic heterocycles. The van der Waals surface area contributed by atoms with Crippen LogP contribution in [0.15, 0.2) is 0 Å². The first kappa shape index (κ1) is 42.9. The van der Waals surface area contributed by atoms with Crippen LogP contribution in [-0.2, 0) is 42.9 Å². The lowest BCUT2D eigenvalue weighted by molar-refractivity contribution is -0.381. The maximum absolute atomic E-state index is 12.8. The van der Waals surface area contributed by atoms with E-state index in [1.807, 2.05) is 0 Å². The summed E-state index contributed by atoms with van der Waals surface area (Å²) in [6, 6.07) is -1.56. The highest BCUT2D eigenvalue weighted by molar-refractivity contribution is 5.78. The molecule has 16 atom stereocenters. The Morgan fingerprint density at radius 1 is 0.882 bits per heavy atom. The summed E-state index contributed by atoms with van der Waals surface area (Å²) in [5.41, 5.74) is 0. The number of aldehydes is 1. The van der Waals surface area contributed by atoms with Crippen molar-refractivity contribution in [3.05, 3.63) is 0 Å². The van der Waals surface area contributed by atoms with Gasteiger partial charge in [0.25, 0.3) is 5.79 Å². The molecule has 0 aromatic rings. The molecule has 0 aromatic heterocycles. The summed E-state index contributed by atoms with van der Waals surface area (Å²) in [6.07, 6.45) is -27.6. The maximum Gasteiger partial charge on any atom is 0.364 e. The van der Waals surface area contributed by atoms with Crippen LogP contribution in [0.1, 0.15) is 39.0 Å². The highest BCUT2D eigenvalue weighted by Gasteiger charge is 2.60. The predicted molar refractivity (Wildman–Crippen MR) is 161 cm³/mol. The van der Waals surface area contributed by atoms with E-state index in [2.05, 4.69) is 10.6 Å².